The molecule has 0 fully saturated rings. The summed E-state index contributed by atoms with van der Waals surface area (Å²) in [6.07, 6.45) is -1.01. The molecular formula is C7H15NO3. The third-order valence-corrected chi connectivity index (χ3v) is 1.51. The van der Waals surface area contributed by atoms with E-state index in [2.05, 4.69) is 0 Å². The Morgan fingerprint density at radius 1 is 1.45 bits per heavy atom. The van der Waals surface area contributed by atoms with Crippen molar-refractivity contribution in [2.24, 2.45) is 11.1 Å². The van der Waals surface area contributed by atoms with Crippen LogP contribution in [0.25, 0.3) is 0 Å². The maximum atomic E-state index is 10.3. The molecule has 66 valence electrons. The lowest BCUT2D eigenvalue weighted by atomic mass is 9.85. The second-order valence-corrected chi connectivity index (χ2v) is 3.67. The van der Waals surface area contributed by atoms with Crippen LogP contribution in [-0.2, 0) is 4.79 Å². The Kier molecular flexibility index (Phi) is 3.02. The quantitative estimate of drug-likeness (QED) is 0.524. The Labute approximate surface area is 66.0 Å². The lowest BCUT2D eigenvalue weighted by Crippen LogP contribution is -2.48. The summed E-state index contributed by atoms with van der Waals surface area (Å²) in [6, 6.07) is -1.20. The maximum absolute atomic E-state index is 10.3. The van der Waals surface area contributed by atoms with Crippen LogP contribution in [0.4, 0.5) is 0 Å². The molecule has 4 heteroatoms. The van der Waals surface area contributed by atoms with Gasteiger partial charge < -0.3 is 15.9 Å². The van der Waals surface area contributed by atoms with E-state index in [0.29, 0.717) is 0 Å². The average molecular weight is 161 g/mol. The first-order valence-electron chi connectivity index (χ1n) is 3.43. The zero-order valence-electron chi connectivity index (χ0n) is 7.03. The Morgan fingerprint density at radius 3 is 1.91 bits per heavy atom. The lowest BCUT2D eigenvalue weighted by molar-refractivity contribution is -0.143. The predicted octanol–water partition coefficient (Wildman–Crippen LogP) is -0.195. The van der Waals surface area contributed by atoms with E-state index >= 15 is 0 Å². The first kappa shape index (κ1) is 10.4. The van der Waals surface area contributed by atoms with Gasteiger partial charge in [0.15, 0.2) is 0 Å². The number of aliphatic carboxylic acids is 1. The van der Waals surface area contributed by atoms with Gasteiger partial charge in [0.25, 0.3) is 0 Å². The maximum Gasteiger partial charge on any atom is 0.323 e. The van der Waals surface area contributed by atoms with Gasteiger partial charge in [-0.3, -0.25) is 4.79 Å². The topological polar surface area (TPSA) is 83.5 Å². The van der Waals surface area contributed by atoms with Gasteiger partial charge in [0, 0.05) is 0 Å². The van der Waals surface area contributed by atoms with Crippen molar-refractivity contribution >= 4 is 5.97 Å². The number of rotatable bonds is 2. The van der Waals surface area contributed by atoms with Gasteiger partial charge in [-0.1, -0.05) is 20.8 Å². The second-order valence-electron chi connectivity index (χ2n) is 3.67. The number of carboxylic acids is 1. The van der Waals surface area contributed by atoms with Crippen molar-refractivity contribution in [1.82, 2.24) is 0 Å². The molecule has 0 heterocycles. The van der Waals surface area contributed by atoms with Gasteiger partial charge in [0.2, 0.25) is 0 Å². The van der Waals surface area contributed by atoms with E-state index < -0.39 is 23.5 Å². The third kappa shape index (κ3) is 2.86. The molecule has 4 nitrogen and oxygen atoms in total. The second kappa shape index (κ2) is 3.19. The number of aliphatic hydroxyl groups is 1. The minimum absolute atomic E-state index is 0.488. The van der Waals surface area contributed by atoms with Crippen LogP contribution in [0.1, 0.15) is 20.8 Å². The SMILES string of the molecule is CC(C)(C)[C@H](O)[C@H](N)C(=O)O. The number of hydrogen-bond donors (Lipinski definition) is 3. The van der Waals surface area contributed by atoms with Gasteiger partial charge >= 0.3 is 5.97 Å². The molecule has 0 aliphatic rings. The van der Waals surface area contributed by atoms with Crippen LogP contribution >= 0.6 is 0 Å². The first-order valence-corrected chi connectivity index (χ1v) is 3.43. The molecule has 11 heavy (non-hydrogen) atoms. The number of nitrogens with two attached hydrogens (primary N) is 1. The highest BCUT2D eigenvalue weighted by atomic mass is 16.4. The number of carbonyl (C=O) groups is 1. The van der Waals surface area contributed by atoms with E-state index in [9.17, 15) is 9.90 Å². The predicted molar refractivity (Wildman–Crippen MR) is 41.1 cm³/mol. The van der Waals surface area contributed by atoms with E-state index in [1.807, 2.05) is 0 Å². The van der Waals surface area contributed by atoms with Crippen molar-refractivity contribution < 1.29 is 15.0 Å². The number of carboxylic acid groups (broad SMARTS) is 1. The molecule has 0 rings (SSSR count). The number of aliphatic hydroxyl groups excluding tert-OH is 1. The molecule has 0 saturated heterocycles. The van der Waals surface area contributed by atoms with Crippen LogP contribution in [0, 0.1) is 5.41 Å². The van der Waals surface area contributed by atoms with Crippen LogP contribution in [0.5, 0.6) is 0 Å². The van der Waals surface area contributed by atoms with Gasteiger partial charge in [-0.05, 0) is 5.41 Å². The Morgan fingerprint density at radius 2 is 1.82 bits per heavy atom. The summed E-state index contributed by atoms with van der Waals surface area (Å²) in [4.78, 5) is 10.3. The van der Waals surface area contributed by atoms with Crippen molar-refractivity contribution in [3.05, 3.63) is 0 Å². The molecular weight excluding hydrogens is 146 g/mol. The van der Waals surface area contributed by atoms with Gasteiger partial charge in [-0.15, -0.1) is 0 Å². The molecule has 0 spiro atoms. The van der Waals surface area contributed by atoms with E-state index in [4.69, 9.17) is 10.8 Å². The van der Waals surface area contributed by atoms with E-state index in [-0.39, 0.29) is 0 Å². The van der Waals surface area contributed by atoms with Crippen LogP contribution < -0.4 is 5.73 Å². The van der Waals surface area contributed by atoms with Crippen LogP contribution in [0.2, 0.25) is 0 Å². The highest BCUT2D eigenvalue weighted by Crippen LogP contribution is 2.20. The van der Waals surface area contributed by atoms with Crippen molar-refractivity contribution in [2.45, 2.75) is 32.9 Å². The van der Waals surface area contributed by atoms with Crippen LogP contribution in [0.15, 0.2) is 0 Å². The molecule has 0 saturated carbocycles. The van der Waals surface area contributed by atoms with Crippen molar-refractivity contribution in [3.8, 4) is 0 Å². The molecule has 0 amide bonds. The monoisotopic (exact) mass is 161 g/mol. The van der Waals surface area contributed by atoms with Gasteiger partial charge in [-0.2, -0.15) is 0 Å². The third-order valence-electron chi connectivity index (χ3n) is 1.51. The van der Waals surface area contributed by atoms with Crippen LogP contribution in [0.3, 0.4) is 0 Å². The van der Waals surface area contributed by atoms with E-state index in [1.165, 1.54) is 0 Å². The Balaban J connectivity index is 4.25. The Hall–Kier alpha value is -0.610. The minimum Gasteiger partial charge on any atom is -0.480 e. The zero-order valence-corrected chi connectivity index (χ0v) is 7.03. The number of hydrogen-bond acceptors (Lipinski definition) is 3. The van der Waals surface area contributed by atoms with E-state index in [0.717, 1.165) is 0 Å². The van der Waals surface area contributed by atoms with Gasteiger partial charge in [0.05, 0.1) is 6.10 Å². The molecule has 4 N–H and O–H groups in total. The molecule has 0 aromatic heterocycles. The molecule has 0 aliphatic heterocycles. The fourth-order valence-corrected chi connectivity index (χ4v) is 0.674. The zero-order chi connectivity index (χ0) is 9.23. The fraction of sp³-hybridized carbons (Fsp3) is 0.857. The minimum atomic E-state index is -1.20. The molecule has 0 radical (unpaired) electrons. The molecule has 0 aliphatic carbocycles. The summed E-state index contributed by atoms with van der Waals surface area (Å²) in [7, 11) is 0. The summed E-state index contributed by atoms with van der Waals surface area (Å²) in [5.41, 5.74) is 4.71. The standard InChI is InChI=1S/C7H15NO3/c1-7(2,3)5(9)4(8)6(10)11/h4-5,9H,8H2,1-3H3,(H,10,11)/t4-,5+/m0/s1. The summed E-state index contributed by atoms with van der Waals surface area (Å²) in [5.74, 6) is -1.17. The van der Waals surface area contributed by atoms with Crippen molar-refractivity contribution in [2.75, 3.05) is 0 Å². The highest BCUT2D eigenvalue weighted by molar-refractivity contribution is 5.74. The summed E-state index contributed by atoms with van der Waals surface area (Å²) in [6.45, 7) is 5.21. The molecule has 0 unspecified atom stereocenters. The molecule has 0 aromatic carbocycles. The van der Waals surface area contributed by atoms with Crippen LogP contribution in [-0.4, -0.2) is 28.3 Å². The fourth-order valence-electron chi connectivity index (χ4n) is 0.674. The summed E-state index contributed by atoms with van der Waals surface area (Å²) in [5, 5.41) is 17.7. The Bertz CT molecular complexity index is 150. The average Bonchev–Trinajstić information content (AvgIpc) is 1.82. The van der Waals surface area contributed by atoms with Gasteiger partial charge in [-0.25, -0.2) is 0 Å². The summed E-state index contributed by atoms with van der Waals surface area (Å²) < 4.78 is 0. The molecule has 0 bridgehead atoms. The summed E-state index contributed by atoms with van der Waals surface area (Å²) >= 11 is 0. The normalized spacial score (nSPS) is 17.5. The largest absolute Gasteiger partial charge is 0.480 e. The highest BCUT2D eigenvalue weighted by Gasteiger charge is 2.32. The van der Waals surface area contributed by atoms with E-state index in [1.54, 1.807) is 20.8 Å². The van der Waals surface area contributed by atoms with Crippen molar-refractivity contribution in [3.63, 3.8) is 0 Å². The van der Waals surface area contributed by atoms with Gasteiger partial charge in [0.1, 0.15) is 6.04 Å². The lowest BCUT2D eigenvalue weighted by Gasteiger charge is -2.28. The molecule has 2 atom stereocenters. The smallest absolute Gasteiger partial charge is 0.323 e. The first-order chi connectivity index (χ1) is 4.76. The van der Waals surface area contributed by atoms with Crippen molar-refractivity contribution in [1.29, 1.82) is 0 Å². The molecule has 0 aromatic rings.